The Kier molecular flexibility index (Phi) is 5.85. The molecule has 1 aromatic carbocycles. The first kappa shape index (κ1) is 14.2. The Balaban J connectivity index is 2.72. The standard InChI is InChI=1S/C13H15FN2O2/c1-18-9-13(17)16-8-11-7-10(3-2-6-15)4-5-12(11)14/h4-5,7H,6,8-9,15H2,1H3,(H,16,17). The Morgan fingerprint density at radius 2 is 2.33 bits per heavy atom. The third kappa shape index (κ3) is 4.53. The van der Waals surface area contributed by atoms with Gasteiger partial charge in [-0.25, -0.2) is 4.39 Å². The van der Waals surface area contributed by atoms with Crippen LogP contribution in [0.3, 0.4) is 0 Å². The monoisotopic (exact) mass is 250 g/mol. The molecule has 0 aliphatic heterocycles. The molecular formula is C13H15FN2O2. The Morgan fingerprint density at radius 3 is 3.00 bits per heavy atom. The number of rotatable bonds is 4. The molecular weight excluding hydrogens is 235 g/mol. The van der Waals surface area contributed by atoms with E-state index >= 15 is 0 Å². The number of nitrogens with two attached hydrogens (primary N) is 1. The number of nitrogens with one attached hydrogen (secondary N) is 1. The second-order valence-electron chi connectivity index (χ2n) is 3.52. The highest BCUT2D eigenvalue weighted by atomic mass is 19.1. The summed E-state index contributed by atoms with van der Waals surface area (Å²) >= 11 is 0. The van der Waals surface area contributed by atoms with Crippen LogP contribution in [0.25, 0.3) is 0 Å². The number of hydrogen-bond donors (Lipinski definition) is 2. The van der Waals surface area contributed by atoms with Crippen molar-refractivity contribution in [2.45, 2.75) is 6.54 Å². The van der Waals surface area contributed by atoms with Gasteiger partial charge in [-0.2, -0.15) is 0 Å². The van der Waals surface area contributed by atoms with Crippen LogP contribution in [-0.4, -0.2) is 26.2 Å². The maximum Gasteiger partial charge on any atom is 0.246 e. The molecule has 0 spiro atoms. The van der Waals surface area contributed by atoms with E-state index in [2.05, 4.69) is 21.9 Å². The highest BCUT2D eigenvalue weighted by molar-refractivity contribution is 5.77. The van der Waals surface area contributed by atoms with Gasteiger partial charge in [-0.15, -0.1) is 0 Å². The molecule has 5 heteroatoms. The summed E-state index contributed by atoms with van der Waals surface area (Å²) in [6.45, 7) is 0.303. The van der Waals surface area contributed by atoms with Gasteiger partial charge in [0.2, 0.25) is 5.91 Å². The molecule has 0 fully saturated rings. The zero-order valence-electron chi connectivity index (χ0n) is 10.1. The quantitative estimate of drug-likeness (QED) is 0.760. The van der Waals surface area contributed by atoms with Crippen LogP contribution in [0.1, 0.15) is 11.1 Å². The van der Waals surface area contributed by atoms with Crippen molar-refractivity contribution in [2.75, 3.05) is 20.3 Å². The Bertz CT molecular complexity index is 478. The van der Waals surface area contributed by atoms with E-state index in [1.165, 1.54) is 13.2 Å². The molecule has 1 rings (SSSR count). The van der Waals surface area contributed by atoms with E-state index in [-0.39, 0.29) is 31.4 Å². The van der Waals surface area contributed by atoms with Gasteiger partial charge in [0, 0.05) is 24.8 Å². The second-order valence-corrected chi connectivity index (χ2v) is 3.52. The topological polar surface area (TPSA) is 64.3 Å². The summed E-state index contributed by atoms with van der Waals surface area (Å²) < 4.78 is 18.1. The zero-order valence-corrected chi connectivity index (χ0v) is 10.1. The van der Waals surface area contributed by atoms with Gasteiger partial charge in [-0.3, -0.25) is 4.79 Å². The molecule has 0 unspecified atom stereocenters. The van der Waals surface area contributed by atoms with Crippen molar-refractivity contribution in [1.29, 1.82) is 0 Å². The first-order chi connectivity index (χ1) is 8.67. The largest absolute Gasteiger partial charge is 0.375 e. The highest BCUT2D eigenvalue weighted by Crippen LogP contribution is 2.09. The Hall–Kier alpha value is -1.90. The minimum atomic E-state index is -0.383. The fourth-order valence-corrected chi connectivity index (χ4v) is 1.32. The van der Waals surface area contributed by atoms with Crippen molar-refractivity contribution in [3.63, 3.8) is 0 Å². The summed E-state index contributed by atoms with van der Waals surface area (Å²) in [5, 5.41) is 2.55. The number of halogens is 1. The third-order valence-electron chi connectivity index (χ3n) is 2.13. The molecule has 0 bridgehead atoms. The van der Waals surface area contributed by atoms with Crippen LogP contribution in [0.15, 0.2) is 18.2 Å². The summed E-state index contributed by atoms with van der Waals surface area (Å²) in [5.74, 6) is 4.81. The van der Waals surface area contributed by atoms with Gasteiger partial charge < -0.3 is 15.8 Å². The molecule has 4 nitrogen and oxygen atoms in total. The van der Waals surface area contributed by atoms with Crippen molar-refractivity contribution in [3.05, 3.63) is 35.1 Å². The normalized spacial score (nSPS) is 9.50. The summed E-state index contributed by atoms with van der Waals surface area (Å²) in [7, 11) is 1.42. The van der Waals surface area contributed by atoms with Gasteiger partial charge in [-0.05, 0) is 18.2 Å². The maximum absolute atomic E-state index is 13.5. The number of amides is 1. The van der Waals surface area contributed by atoms with Crippen LogP contribution < -0.4 is 11.1 Å². The Morgan fingerprint density at radius 1 is 1.56 bits per heavy atom. The SMILES string of the molecule is COCC(=O)NCc1cc(C#CCN)ccc1F. The molecule has 0 saturated heterocycles. The minimum Gasteiger partial charge on any atom is -0.375 e. The van der Waals surface area contributed by atoms with E-state index < -0.39 is 0 Å². The van der Waals surface area contributed by atoms with Gasteiger partial charge >= 0.3 is 0 Å². The van der Waals surface area contributed by atoms with Crippen molar-refractivity contribution in [3.8, 4) is 11.8 Å². The lowest BCUT2D eigenvalue weighted by Gasteiger charge is -2.06. The van der Waals surface area contributed by atoms with Gasteiger partial charge in [0.05, 0.1) is 6.54 Å². The maximum atomic E-state index is 13.5. The molecule has 1 amide bonds. The second kappa shape index (κ2) is 7.43. The first-order valence-electron chi connectivity index (χ1n) is 5.40. The van der Waals surface area contributed by atoms with Crippen LogP contribution in [0, 0.1) is 17.7 Å². The molecule has 0 radical (unpaired) electrons. The van der Waals surface area contributed by atoms with Crippen LogP contribution >= 0.6 is 0 Å². The first-order valence-corrected chi connectivity index (χ1v) is 5.40. The van der Waals surface area contributed by atoms with Crippen molar-refractivity contribution in [2.24, 2.45) is 5.73 Å². The lowest BCUT2D eigenvalue weighted by Crippen LogP contribution is -2.26. The van der Waals surface area contributed by atoms with E-state index in [9.17, 15) is 9.18 Å². The molecule has 96 valence electrons. The molecule has 18 heavy (non-hydrogen) atoms. The van der Waals surface area contributed by atoms with Gasteiger partial charge in [0.1, 0.15) is 12.4 Å². The van der Waals surface area contributed by atoms with Crippen LogP contribution in [0.2, 0.25) is 0 Å². The van der Waals surface area contributed by atoms with E-state index in [1.54, 1.807) is 12.1 Å². The lowest BCUT2D eigenvalue weighted by molar-refractivity contribution is -0.124. The minimum absolute atomic E-state index is 0.0473. The number of ether oxygens (including phenoxy) is 1. The molecule has 3 N–H and O–H groups in total. The predicted octanol–water partition coefficient (Wildman–Crippen LogP) is 0.398. The van der Waals surface area contributed by atoms with Gasteiger partial charge in [-0.1, -0.05) is 11.8 Å². The number of carbonyl (C=O) groups excluding carboxylic acids is 1. The number of methoxy groups -OCH3 is 1. The van der Waals surface area contributed by atoms with Gasteiger partial charge in [0.25, 0.3) is 0 Å². The molecule has 0 heterocycles. The van der Waals surface area contributed by atoms with Crippen LogP contribution in [0.4, 0.5) is 4.39 Å². The highest BCUT2D eigenvalue weighted by Gasteiger charge is 2.05. The van der Waals surface area contributed by atoms with Crippen molar-refractivity contribution < 1.29 is 13.9 Å². The molecule has 0 aliphatic carbocycles. The Labute approximate surface area is 105 Å². The van der Waals surface area contributed by atoms with Crippen LogP contribution in [-0.2, 0) is 16.1 Å². The summed E-state index contributed by atoms with van der Waals surface area (Å²) in [6, 6.07) is 4.47. The molecule has 0 aromatic heterocycles. The molecule has 1 aromatic rings. The van der Waals surface area contributed by atoms with E-state index in [0.29, 0.717) is 11.1 Å². The van der Waals surface area contributed by atoms with Crippen molar-refractivity contribution >= 4 is 5.91 Å². The summed E-state index contributed by atoms with van der Waals surface area (Å²) in [4.78, 5) is 11.2. The predicted molar refractivity (Wildman–Crippen MR) is 66.1 cm³/mol. The number of benzene rings is 1. The molecule has 0 aliphatic rings. The smallest absolute Gasteiger partial charge is 0.246 e. The van der Waals surface area contributed by atoms with Crippen molar-refractivity contribution in [1.82, 2.24) is 5.32 Å². The number of carbonyl (C=O) groups is 1. The third-order valence-corrected chi connectivity index (χ3v) is 2.13. The van der Waals surface area contributed by atoms with E-state index in [4.69, 9.17) is 5.73 Å². The average Bonchev–Trinajstić information content (AvgIpc) is 2.36. The fourth-order valence-electron chi connectivity index (χ4n) is 1.32. The zero-order chi connectivity index (χ0) is 13.4. The van der Waals surface area contributed by atoms with Crippen LogP contribution in [0.5, 0.6) is 0 Å². The van der Waals surface area contributed by atoms with E-state index in [0.717, 1.165) is 0 Å². The summed E-state index contributed by atoms with van der Waals surface area (Å²) in [6.07, 6.45) is 0. The number of hydrogen-bond acceptors (Lipinski definition) is 3. The fraction of sp³-hybridized carbons (Fsp3) is 0.308. The molecule has 0 saturated carbocycles. The van der Waals surface area contributed by atoms with E-state index in [1.807, 2.05) is 0 Å². The summed E-state index contributed by atoms with van der Waals surface area (Å²) in [5.41, 5.74) is 6.30. The average molecular weight is 250 g/mol. The lowest BCUT2D eigenvalue weighted by atomic mass is 10.1. The van der Waals surface area contributed by atoms with Gasteiger partial charge in [0.15, 0.2) is 0 Å². The molecule has 0 atom stereocenters.